The second-order valence-corrected chi connectivity index (χ2v) is 9.57. The zero-order valence-electron chi connectivity index (χ0n) is 20.5. The number of aliphatic imine (C=N–C) groups is 1. The number of benzene rings is 1. The van der Waals surface area contributed by atoms with Crippen molar-refractivity contribution < 1.29 is 9.53 Å². The Balaban J connectivity index is 0.00000385. The first kappa shape index (κ1) is 27.5. The second kappa shape index (κ2) is 13.2. The molecule has 2 heterocycles. The van der Waals surface area contributed by atoms with Crippen molar-refractivity contribution in [1.82, 2.24) is 20.4 Å². The fourth-order valence-electron chi connectivity index (χ4n) is 4.25. The number of alkyl carbamates (subject to hydrolysis) is 1. The van der Waals surface area contributed by atoms with Crippen LogP contribution in [0, 0.1) is 0 Å². The lowest BCUT2D eigenvalue weighted by Crippen LogP contribution is -2.47. The number of guanidine groups is 1. The number of likely N-dealkylation sites (tertiary alicyclic amines) is 1. The molecule has 0 radical (unpaired) electrons. The number of nitrogens with zero attached hydrogens (tertiary/aromatic N) is 4. The molecule has 2 aliphatic rings. The molecule has 2 saturated heterocycles. The maximum Gasteiger partial charge on any atom is 0.407 e. The Hall–Kier alpha value is -1.75. The summed E-state index contributed by atoms with van der Waals surface area (Å²) in [5, 5.41) is 6.47. The second-order valence-electron chi connectivity index (χ2n) is 9.57. The number of amides is 1. The van der Waals surface area contributed by atoms with E-state index in [1.165, 1.54) is 5.69 Å². The topological polar surface area (TPSA) is 72.4 Å². The predicted octanol–water partition coefficient (Wildman–Crippen LogP) is 2.99. The molecule has 9 heteroatoms. The maximum atomic E-state index is 12.0. The number of piperazine rings is 1. The SMILES string of the molecule is CN=C(NCCCN1CCN(c2ccccc2)CC1)N1CCC(NC(=O)OC(C)(C)C)C1.I. The molecular weight excluding hydrogens is 531 g/mol. The van der Waals surface area contributed by atoms with E-state index in [-0.39, 0.29) is 36.1 Å². The third kappa shape index (κ3) is 9.19. The van der Waals surface area contributed by atoms with E-state index in [0.717, 1.165) is 71.2 Å². The third-order valence-electron chi connectivity index (χ3n) is 5.85. The first-order valence-electron chi connectivity index (χ1n) is 11.8. The molecule has 1 unspecified atom stereocenters. The lowest BCUT2D eigenvalue weighted by Gasteiger charge is -2.36. The molecule has 0 saturated carbocycles. The van der Waals surface area contributed by atoms with E-state index in [2.05, 4.69) is 60.7 Å². The van der Waals surface area contributed by atoms with Crippen LogP contribution in [0.4, 0.5) is 10.5 Å². The Bertz CT molecular complexity index is 747. The molecule has 2 N–H and O–H groups in total. The highest BCUT2D eigenvalue weighted by Crippen LogP contribution is 2.16. The number of para-hydroxylation sites is 1. The number of halogens is 1. The quantitative estimate of drug-likeness (QED) is 0.237. The third-order valence-corrected chi connectivity index (χ3v) is 5.85. The van der Waals surface area contributed by atoms with Crippen molar-refractivity contribution in [3.8, 4) is 0 Å². The highest BCUT2D eigenvalue weighted by Gasteiger charge is 2.27. The minimum absolute atomic E-state index is 0. The van der Waals surface area contributed by atoms with Crippen molar-refractivity contribution >= 4 is 41.7 Å². The largest absolute Gasteiger partial charge is 0.444 e. The number of rotatable bonds is 6. The molecule has 33 heavy (non-hydrogen) atoms. The first-order chi connectivity index (χ1) is 15.3. The van der Waals surface area contributed by atoms with Gasteiger partial charge in [0.15, 0.2) is 5.96 Å². The standard InChI is InChI=1S/C24H40N6O2.HI/c1-24(2,3)32-23(31)27-20-11-14-30(19-20)22(25-4)26-12-8-13-28-15-17-29(18-16-28)21-9-6-5-7-10-21;/h5-7,9-10,20H,8,11-19H2,1-4H3,(H,25,26)(H,27,31);1H. The average molecular weight is 573 g/mol. The van der Waals surface area contributed by atoms with Crippen LogP contribution in [0.5, 0.6) is 0 Å². The molecule has 8 nitrogen and oxygen atoms in total. The molecule has 1 amide bonds. The molecule has 2 fully saturated rings. The summed E-state index contributed by atoms with van der Waals surface area (Å²) in [5.41, 5.74) is 0.844. The van der Waals surface area contributed by atoms with Crippen LogP contribution in [-0.2, 0) is 4.74 Å². The van der Waals surface area contributed by atoms with Crippen molar-refractivity contribution in [2.75, 3.05) is 64.3 Å². The van der Waals surface area contributed by atoms with Crippen LogP contribution >= 0.6 is 24.0 Å². The fraction of sp³-hybridized carbons (Fsp3) is 0.667. The Labute approximate surface area is 216 Å². The van der Waals surface area contributed by atoms with Gasteiger partial charge in [-0.05, 0) is 52.3 Å². The van der Waals surface area contributed by atoms with Gasteiger partial charge in [-0.2, -0.15) is 0 Å². The van der Waals surface area contributed by atoms with Gasteiger partial charge in [0.1, 0.15) is 5.60 Å². The van der Waals surface area contributed by atoms with Gasteiger partial charge in [-0.3, -0.25) is 9.89 Å². The smallest absolute Gasteiger partial charge is 0.407 e. The lowest BCUT2D eigenvalue weighted by atomic mass is 10.2. The van der Waals surface area contributed by atoms with Gasteiger partial charge in [0.05, 0.1) is 6.04 Å². The first-order valence-corrected chi connectivity index (χ1v) is 11.8. The Morgan fingerprint density at radius 3 is 2.45 bits per heavy atom. The molecule has 0 spiro atoms. The summed E-state index contributed by atoms with van der Waals surface area (Å²) in [7, 11) is 1.82. The van der Waals surface area contributed by atoms with E-state index < -0.39 is 5.60 Å². The molecule has 0 bridgehead atoms. The van der Waals surface area contributed by atoms with E-state index in [0.29, 0.717) is 0 Å². The number of carbonyl (C=O) groups excluding carboxylic acids is 1. The summed E-state index contributed by atoms with van der Waals surface area (Å²) in [4.78, 5) is 23.7. The number of hydrogen-bond donors (Lipinski definition) is 2. The van der Waals surface area contributed by atoms with Gasteiger partial charge >= 0.3 is 6.09 Å². The van der Waals surface area contributed by atoms with Crippen LogP contribution in [0.3, 0.4) is 0 Å². The van der Waals surface area contributed by atoms with Gasteiger partial charge in [-0.25, -0.2) is 4.79 Å². The Morgan fingerprint density at radius 2 is 1.82 bits per heavy atom. The average Bonchev–Trinajstić information content (AvgIpc) is 3.21. The van der Waals surface area contributed by atoms with Gasteiger partial charge < -0.3 is 25.2 Å². The van der Waals surface area contributed by atoms with Crippen molar-refractivity contribution in [3.63, 3.8) is 0 Å². The van der Waals surface area contributed by atoms with Crippen LogP contribution in [0.25, 0.3) is 0 Å². The molecule has 3 rings (SSSR count). The number of anilines is 1. The summed E-state index contributed by atoms with van der Waals surface area (Å²) in [5.74, 6) is 0.910. The van der Waals surface area contributed by atoms with Crippen LogP contribution in [0.1, 0.15) is 33.6 Å². The summed E-state index contributed by atoms with van der Waals surface area (Å²) in [6.45, 7) is 13.6. The molecule has 1 aromatic carbocycles. The number of carbonyl (C=O) groups is 1. The predicted molar refractivity (Wildman–Crippen MR) is 146 cm³/mol. The van der Waals surface area contributed by atoms with Crippen molar-refractivity contribution in [3.05, 3.63) is 30.3 Å². The van der Waals surface area contributed by atoms with Gasteiger partial charge in [-0.15, -0.1) is 24.0 Å². The number of hydrogen-bond acceptors (Lipinski definition) is 5. The fourth-order valence-corrected chi connectivity index (χ4v) is 4.25. The van der Waals surface area contributed by atoms with Gasteiger partial charge in [0, 0.05) is 58.5 Å². The number of ether oxygens (including phenoxy) is 1. The van der Waals surface area contributed by atoms with E-state index in [1.807, 2.05) is 27.8 Å². The monoisotopic (exact) mass is 572 g/mol. The van der Waals surface area contributed by atoms with E-state index in [1.54, 1.807) is 0 Å². The zero-order chi connectivity index (χ0) is 23.0. The van der Waals surface area contributed by atoms with Gasteiger partial charge in [0.2, 0.25) is 0 Å². The highest BCUT2D eigenvalue weighted by atomic mass is 127. The lowest BCUT2D eigenvalue weighted by molar-refractivity contribution is 0.0507. The van der Waals surface area contributed by atoms with E-state index in [9.17, 15) is 4.79 Å². The Morgan fingerprint density at radius 1 is 1.12 bits per heavy atom. The van der Waals surface area contributed by atoms with Gasteiger partial charge in [0.25, 0.3) is 0 Å². The highest BCUT2D eigenvalue weighted by molar-refractivity contribution is 14.0. The number of nitrogens with one attached hydrogen (secondary N) is 2. The Kier molecular flexibility index (Phi) is 11.0. The molecule has 0 aromatic heterocycles. The molecule has 1 atom stereocenters. The molecule has 186 valence electrons. The van der Waals surface area contributed by atoms with Crippen LogP contribution < -0.4 is 15.5 Å². The van der Waals surface area contributed by atoms with Crippen molar-refractivity contribution in [2.45, 2.75) is 45.3 Å². The van der Waals surface area contributed by atoms with Crippen LogP contribution in [0.2, 0.25) is 0 Å². The molecule has 1 aromatic rings. The normalized spacial score (nSPS) is 19.8. The van der Waals surface area contributed by atoms with E-state index >= 15 is 0 Å². The van der Waals surface area contributed by atoms with Crippen LogP contribution in [-0.4, -0.2) is 92.9 Å². The minimum atomic E-state index is -0.478. The van der Waals surface area contributed by atoms with Crippen LogP contribution in [0.15, 0.2) is 35.3 Å². The summed E-state index contributed by atoms with van der Waals surface area (Å²) in [6.07, 6.45) is 1.63. The van der Waals surface area contributed by atoms with Crippen molar-refractivity contribution in [2.24, 2.45) is 4.99 Å². The van der Waals surface area contributed by atoms with Gasteiger partial charge in [-0.1, -0.05) is 18.2 Å². The molecular formula is C24H41IN6O2. The van der Waals surface area contributed by atoms with Crippen molar-refractivity contribution in [1.29, 1.82) is 0 Å². The zero-order valence-corrected chi connectivity index (χ0v) is 22.9. The summed E-state index contributed by atoms with van der Waals surface area (Å²) >= 11 is 0. The minimum Gasteiger partial charge on any atom is -0.444 e. The molecule has 2 aliphatic heterocycles. The molecule has 0 aliphatic carbocycles. The maximum absolute atomic E-state index is 12.0. The summed E-state index contributed by atoms with van der Waals surface area (Å²) < 4.78 is 5.37. The summed E-state index contributed by atoms with van der Waals surface area (Å²) in [6, 6.07) is 10.8. The van der Waals surface area contributed by atoms with E-state index in [4.69, 9.17) is 4.74 Å².